The summed E-state index contributed by atoms with van der Waals surface area (Å²) in [5.74, 6) is -0.558. The molecular weight excluding hydrogens is 425 g/mol. The number of benzene rings is 2. The highest BCUT2D eigenvalue weighted by Crippen LogP contribution is 2.37. The van der Waals surface area contributed by atoms with E-state index in [1.807, 2.05) is 24.3 Å². The van der Waals surface area contributed by atoms with Crippen LogP contribution in [0.25, 0.3) is 10.8 Å². The minimum Gasteiger partial charge on any atom is -0.372 e. The Morgan fingerprint density at radius 3 is 2.94 bits per heavy atom. The van der Waals surface area contributed by atoms with Crippen LogP contribution in [0.3, 0.4) is 0 Å². The van der Waals surface area contributed by atoms with Gasteiger partial charge in [0, 0.05) is 48.2 Å². The second kappa shape index (κ2) is 8.81. The largest absolute Gasteiger partial charge is 0.372 e. The molecule has 2 aromatic carbocycles. The first kappa shape index (κ1) is 21.4. The van der Waals surface area contributed by atoms with Crippen LogP contribution in [0.5, 0.6) is 0 Å². The SMILES string of the molecule is CC1CN(c2cccc3ccc(F)cc23)CCN1CCC1OCCc2cc(C(N)=O)sc21. The molecule has 1 amide bonds. The van der Waals surface area contributed by atoms with Crippen LogP contribution >= 0.6 is 11.3 Å². The molecule has 168 valence electrons. The lowest BCUT2D eigenvalue weighted by molar-refractivity contribution is 0.0283. The van der Waals surface area contributed by atoms with E-state index in [4.69, 9.17) is 10.5 Å². The van der Waals surface area contributed by atoms with E-state index in [1.165, 1.54) is 23.0 Å². The molecule has 3 heterocycles. The Bertz CT molecular complexity index is 1150. The Kier molecular flexibility index (Phi) is 5.88. The van der Waals surface area contributed by atoms with Gasteiger partial charge in [0.25, 0.3) is 5.91 Å². The molecule has 0 aliphatic carbocycles. The van der Waals surface area contributed by atoms with E-state index in [0.717, 1.165) is 60.4 Å². The highest BCUT2D eigenvalue weighted by atomic mass is 32.1. The first-order chi connectivity index (χ1) is 15.5. The molecule has 5 rings (SSSR count). The minimum atomic E-state index is -0.360. The van der Waals surface area contributed by atoms with E-state index in [1.54, 1.807) is 6.07 Å². The maximum atomic E-state index is 13.9. The number of primary amides is 1. The van der Waals surface area contributed by atoms with Gasteiger partial charge >= 0.3 is 0 Å². The van der Waals surface area contributed by atoms with Crippen LogP contribution < -0.4 is 10.6 Å². The summed E-state index contributed by atoms with van der Waals surface area (Å²) >= 11 is 1.48. The van der Waals surface area contributed by atoms with Crippen LogP contribution in [0, 0.1) is 5.82 Å². The number of thiophene rings is 1. The number of amides is 1. The number of hydrogen-bond donors (Lipinski definition) is 1. The van der Waals surface area contributed by atoms with Gasteiger partial charge < -0.3 is 15.4 Å². The van der Waals surface area contributed by atoms with Crippen molar-refractivity contribution >= 4 is 33.7 Å². The zero-order chi connectivity index (χ0) is 22.2. The lowest BCUT2D eigenvalue weighted by Crippen LogP contribution is -2.52. The number of rotatable bonds is 5. The highest BCUT2D eigenvalue weighted by Gasteiger charge is 2.29. The second-order valence-electron chi connectivity index (χ2n) is 8.74. The van der Waals surface area contributed by atoms with Gasteiger partial charge in [-0.05, 0) is 55.0 Å². The summed E-state index contributed by atoms with van der Waals surface area (Å²) in [4.78, 5) is 18.2. The highest BCUT2D eigenvalue weighted by molar-refractivity contribution is 7.14. The van der Waals surface area contributed by atoms with Crippen molar-refractivity contribution in [3.05, 3.63) is 63.6 Å². The summed E-state index contributed by atoms with van der Waals surface area (Å²) in [5.41, 5.74) is 7.79. The van der Waals surface area contributed by atoms with E-state index in [2.05, 4.69) is 22.8 Å². The van der Waals surface area contributed by atoms with E-state index < -0.39 is 0 Å². The molecule has 1 fully saturated rings. The van der Waals surface area contributed by atoms with Crippen LogP contribution in [-0.2, 0) is 11.2 Å². The molecule has 2 atom stereocenters. The van der Waals surface area contributed by atoms with E-state index in [9.17, 15) is 9.18 Å². The summed E-state index contributed by atoms with van der Waals surface area (Å²) in [5, 5.41) is 2.04. The van der Waals surface area contributed by atoms with Crippen LogP contribution in [-0.4, -0.2) is 49.6 Å². The average molecular weight is 454 g/mol. The van der Waals surface area contributed by atoms with Crippen molar-refractivity contribution < 1.29 is 13.9 Å². The fourth-order valence-electron chi connectivity index (χ4n) is 4.97. The van der Waals surface area contributed by atoms with Gasteiger partial charge in [0.05, 0.1) is 17.6 Å². The zero-order valence-corrected chi connectivity index (χ0v) is 19.0. The molecule has 1 saturated heterocycles. The van der Waals surface area contributed by atoms with Crippen molar-refractivity contribution in [2.24, 2.45) is 5.73 Å². The average Bonchev–Trinajstić information content (AvgIpc) is 3.23. The topological polar surface area (TPSA) is 58.8 Å². The lowest BCUT2D eigenvalue weighted by atomic mass is 10.0. The smallest absolute Gasteiger partial charge is 0.258 e. The van der Waals surface area contributed by atoms with Crippen molar-refractivity contribution in [2.45, 2.75) is 31.9 Å². The van der Waals surface area contributed by atoms with Crippen LogP contribution in [0.2, 0.25) is 0 Å². The molecule has 3 aromatic rings. The Balaban J connectivity index is 1.25. The molecule has 5 nitrogen and oxygen atoms in total. The van der Waals surface area contributed by atoms with Crippen LogP contribution in [0.15, 0.2) is 42.5 Å². The van der Waals surface area contributed by atoms with Gasteiger partial charge in [-0.2, -0.15) is 0 Å². The minimum absolute atomic E-state index is 0.0307. The molecule has 0 bridgehead atoms. The van der Waals surface area contributed by atoms with E-state index in [0.29, 0.717) is 17.5 Å². The standard InChI is InChI=1S/C25H28FN3O2S/c1-16-15-29(21-4-2-3-17-5-6-19(26)14-20(17)21)11-10-28(16)9-7-22-24-18(8-12-31-22)13-23(32-24)25(27)30/h2-6,13-14,16,22H,7-12,15H2,1H3,(H2,27,30). The van der Waals surface area contributed by atoms with E-state index in [-0.39, 0.29) is 17.8 Å². The van der Waals surface area contributed by atoms with Crippen LogP contribution in [0.4, 0.5) is 10.1 Å². The Morgan fingerprint density at radius 1 is 1.25 bits per heavy atom. The third-order valence-corrected chi connectivity index (χ3v) is 7.96. The number of piperazine rings is 1. The Hall–Kier alpha value is -2.48. The first-order valence-corrected chi connectivity index (χ1v) is 12.0. The second-order valence-corrected chi connectivity index (χ2v) is 9.82. The Labute approximate surface area is 191 Å². The van der Waals surface area contributed by atoms with Gasteiger partial charge in [0.2, 0.25) is 0 Å². The monoisotopic (exact) mass is 453 g/mol. The van der Waals surface area contributed by atoms with Crippen molar-refractivity contribution in [2.75, 3.05) is 37.7 Å². The third-order valence-electron chi connectivity index (χ3n) is 6.67. The Morgan fingerprint density at radius 2 is 2.12 bits per heavy atom. The van der Waals surface area contributed by atoms with Gasteiger partial charge in [0.1, 0.15) is 5.82 Å². The van der Waals surface area contributed by atoms with Crippen molar-refractivity contribution in [1.82, 2.24) is 4.90 Å². The van der Waals surface area contributed by atoms with Gasteiger partial charge in [0.15, 0.2) is 0 Å². The summed E-state index contributed by atoms with van der Waals surface area (Å²) in [6.07, 6.45) is 1.77. The van der Waals surface area contributed by atoms with Crippen LogP contribution in [0.1, 0.15) is 39.6 Å². The van der Waals surface area contributed by atoms with Gasteiger partial charge in [-0.1, -0.05) is 18.2 Å². The molecule has 2 aliphatic heterocycles. The fourth-order valence-corrected chi connectivity index (χ4v) is 6.11. The summed E-state index contributed by atoms with van der Waals surface area (Å²) in [6, 6.07) is 13.5. The number of hydrogen-bond acceptors (Lipinski definition) is 5. The molecule has 32 heavy (non-hydrogen) atoms. The normalized spacial score (nSPS) is 21.6. The maximum absolute atomic E-state index is 13.9. The van der Waals surface area contributed by atoms with Gasteiger partial charge in [-0.25, -0.2) is 4.39 Å². The molecular formula is C25H28FN3O2S. The first-order valence-electron chi connectivity index (χ1n) is 11.2. The zero-order valence-electron chi connectivity index (χ0n) is 18.2. The number of halogens is 1. The number of fused-ring (bicyclic) bond motifs is 2. The fraction of sp³-hybridized carbons (Fsp3) is 0.400. The number of ether oxygens (including phenoxy) is 1. The van der Waals surface area contributed by atoms with Crippen molar-refractivity contribution in [1.29, 1.82) is 0 Å². The number of carbonyl (C=O) groups excluding carboxylic acids is 1. The van der Waals surface area contributed by atoms with Crippen molar-refractivity contribution in [3.63, 3.8) is 0 Å². The van der Waals surface area contributed by atoms with Gasteiger partial charge in [-0.15, -0.1) is 11.3 Å². The number of nitrogens with two attached hydrogens (primary N) is 1. The predicted molar refractivity (Wildman–Crippen MR) is 127 cm³/mol. The number of nitrogens with zero attached hydrogens (tertiary/aromatic N) is 2. The van der Waals surface area contributed by atoms with Crippen molar-refractivity contribution in [3.8, 4) is 0 Å². The summed E-state index contributed by atoms with van der Waals surface area (Å²) in [7, 11) is 0. The van der Waals surface area contributed by atoms with Gasteiger partial charge in [-0.3, -0.25) is 9.69 Å². The molecule has 2 N–H and O–H groups in total. The number of anilines is 1. The molecule has 0 radical (unpaired) electrons. The maximum Gasteiger partial charge on any atom is 0.258 e. The molecule has 0 saturated carbocycles. The number of carbonyl (C=O) groups is 1. The van der Waals surface area contributed by atoms with E-state index >= 15 is 0 Å². The molecule has 0 spiro atoms. The molecule has 2 unspecified atom stereocenters. The third kappa shape index (κ3) is 4.12. The lowest BCUT2D eigenvalue weighted by Gasteiger charge is -2.42. The molecule has 1 aromatic heterocycles. The summed E-state index contributed by atoms with van der Waals surface area (Å²) in [6.45, 7) is 6.63. The molecule has 2 aliphatic rings. The predicted octanol–water partition coefficient (Wildman–Crippen LogP) is 4.35. The summed E-state index contributed by atoms with van der Waals surface area (Å²) < 4.78 is 19.9. The molecule has 7 heteroatoms. The quantitative estimate of drug-likeness (QED) is 0.624.